The van der Waals surface area contributed by atoms with Crippen molar-refractivity contribution in [2.45, 2.75) is 30.9 Å². The molecule has 1 aromatic rings. The van der Waals surface area contributed by atoms with Crippen molar-refractivity contribution in [2.24, 2.45) is 0 Å². The zero-order chi connectivity index (χ0) is 14.6. The number of hydrogen-bond acceptors (Lipinski definition) is 3. The second kappa shape index (κ2) is 6.85. The van der Waals surface area contributed by atoms with Gasteiger partial charge in [0.25, 0.3) is 0 Å². The minimum Gasteiger partial charge on any atom is -0.381 e. The Morgan fingerprint density at radius 2 is 2.15 bits per heavy atom. The molecule has 112 valence electrons. The summed E-state index contributed by atoms with van der Waals surface area (Å²) < 4.78 is 25.3. The number of likely N-dealkylation sites (N-methyl/N-ethyl adjacent to an activating group) is 1. The fraction of sp³-hybridized carbons (Fsp3) is 0.600. The highest BCUT2D eigenvalue weighted by Gasteiger charge is 2.40. The van der Waals surface area contributed by atoms with Crippen LogP contribution in [0.15, 0.2) is 18.2 Å². The molecule has 1 heterocycles. The maximum Gasteiger partial charge on any atom is 0.145 e. The fourth-order valence-electron chi connectivity index (χ4n) is 2.89. The molecule has 1 saturated heterocycles. The Labute approximate surface area is 124 Å². The van der Waals surface area contributed by atoms with E-state index in [0.29, 0.717) is 25.2 Å². The summed E-state index contributed by atoms with van der Waals surface area (Å²) >= 11 is 5.85. The number of methoxy groups -OCH3 is 1. The normalized spacial score (nSPS) is 19.8. The molecule has 20 heavy (non-hydrogen) atoms. The van der Waals surface area contributed by atoms with Gasteiger partial charge >= 0.3 is 0 Å². The fourth-order valence-corrected chi connectivity index (χ4v) is 3.08. The van der Waals surface area contributed by atoms with Crippen LogP contribution in [0.25, 0.3) is 0 Å². The van der Waals surface area contributed by atoms with Crippen molar-refractivity contribution in [3.8, 4) is 0 Å². The highest BCUT2D eigenvalue weighted by Crippen LogP contribution is 2.31. The van der Waals surface area contributed by atoms with Crippen LogP contribution in [0.5, 0.6) is 0 Å². The zero-order valence-electron chi connectivity index (χ0n) is 11.9. The van der Waals surface area contributed by atoms with Crippen LogP contribution in [0.4, 0.5) is 4.39 Å². The molecule has 1 fully saturated rings. The standard InChI is InChI=1S/C15H21ClFNO2/c1-18-13(15(19-2)6-8-20-9-7-15)10-11-4-3-5-12(16)14(11)17/h3-5,13,18H,6-10H2,1-2H3. The topological polar surface area (TPSA) is 30.5 Å². The summed E-state index contributed by atoms with van der Waals surface area (Å²) in [6.45, 7) is 1.34. The molecule has 0 spiro atoms. The second-order valence-corrected chi connectivity index (χ2v) is 5.55. The molecule has 1 aliphatic heterocycles. The van der Waals surface area contributed by atoms with Gasteiger partial charge in [0, 0.05) is 39.2 Å². The summed E-state index contributed by atoms with van der Waals surface area (Å²) in [6.07, 6.45) is 2.14. The van der Waals surface area contributed by atoms with Gasteiger partial charge in [0.2, 0.25) is 0 Å². The summed E-state index contributed by atoms with van der Waals surface area (Å²) in [7, 11) is 3.59. The van der Waals surface area contributed by atoms with E-state index in [4.69, 9.17) is 21.1 Å². The van der Waals surface area contributed by atoms with Gasteiger partial charge in [-0.05, 0) is 25.1 Å². The maximum atomic E-state index is 14.1. The molecule has 0 saturated carbocycles. The van der Waals surface area contributed by atoms with E-state index in [2.05, 4.69) is 5.32 Å². The molecule has 5 heteroatoms. The van der Waals surface area contributed by atoms with E-state index in [1.807, 2.05) is 7.05 Å². The van der Waals surface area contributed by atoms with Crippen LogP contribution in [-0.2, 0) is 15.9 Å². The Kier molecular flexibility index (Phi) is 5.38. The molecule has 1 N–H and O–H groups in total. The van der Waals surface area contributed by atoms with Gasteiger partial charge in [0.15, 0.2) is 0 Å². The van der Waals surface area contributed by atoms with E-state index in [9.17, 15) is 4.39 Å². The summed E-state index contributed by atoms with van der Waals surface area (Å²) in [5, 5.41) is 3.43. The Hall–Kier alpha value is -0.680. The lowest BCUT2D eigenvalue weighted by atomic mass is 9.82. The molecule has 3 nitrogen and oxygen atoms in total. The Morgan fingerprint density at radius 1 is 1.45 bits per heavy atom. The molecule has 2 rings (SSSR count). The van der Waals surface area contributed by atoms with E-state index in [1.54, 1.807) is 25.3 Å². The van der Waals surface area contributed by atoms with Gasteiger partial charge in [0.05, 0.1) is 10.6 Å². The van der Waals surface area contributed by atoms with Gasteiger partial charge in [-0.25, -0.2) is 4.39 Å². The minimum absolute atomic E-state index is 0.0179. The zero-order valence-corrected chi connectivity index (χ0v) is 12.7. The summed E-state index contributed by atoms with van der Waals surface area (Å²) in [5.41, 5.74) is 0.293. The summed E-state index contributed by atoms with van der Waals surface area (Å²) in [4.78, 5) is 0. The molecule has 0 bridgehead atoms. The molecule has 1 atom stereocenters. The van der Waals surface area contributed by atoms with Gasteiger partial charge in [0.1, 0.15) is 5.82 Å². The van der Waals surface area contributed by atoms with E-state index in [1.165, 1.54) is 0 Å². The van der Waals surface area contributed by atoms with Crippen LogP contribution < -0.4 is 5.32 Å². The van der Waals surface area contributed by atoms with Crippen molar-refractivity contribution in [3.05, 3.63) is 34.6 Å². The molecule has 1 unspecified atom stereocenters. The SMILES string of the molecule is CNC(Cc1cccc(Cl)c1F)C1(OC)CCOCC1. The van der Waals surface area contributed by atoms with Crippen LogP contribution in [-0.4, -0.2) is 39.0 Å². The average Bonchev–Trinajstić information content (AvgIpc) is 2.49. The molecule has 1 aliphatic rings. The number of nitrogens with one attached hydrogen (secondary N) is 1. The van der Waals surface area contributed by atoms with Crippen molar-refractivity contribution < 1.29 is 13.9 Å². The van der Waals surface area contributed by atoms with Crippen LogP contribution in [0, 0.1) is 5.82 Å². The van der Waals surface area contributed by atoms with Crippen molar-refractivity contribution in [1.82, 2.24) is 5.32 Å². The molecule has 0 aliphatic carbocycles. The van der Waals surface area contributed by atoms with Gasteiger partial charge in [-0.3, -0.25) is 0 Å². The van der Waals surface area contributed by atoms with Gasteiger partial charge in [-0.15, -0.1) is 0 Å². The predicted octanol–water partition coefficient (Wildman–Crippen LogP) is 2.81. The van der Waals surface area contributed by atoms with Gasteiger partial charge in [-0.2, -0.15) is 0 Å². The van der Waals surface area contributed by atoms with Crippen molar-refractivity contribution in [2.75, 3.05) is 27.4 Å². The summed E-state index contributed by atoms with van der Waals surface area (Å²) in [6, 6.07) is 5.13. The van der Waals surface area contributed by atoms with E-state index >= 15 is 0 Å². The van der Waals surface area contributed by atoms with E-state index < -0.39 is 0 Å². The van der Waals surface area contributed by atoms with Crippen LogP contribution in [0.3, 0.4) is 0 Å². The lowest BCUT2D eigenvalue weighted by Gasteiger charge is -2.42. The highest BCUT2D eigenvalue weighted by atomic mass is 35.5. The van der Waals surface area contributed by atoms with Crippen molar-refractivity contribution >= 4 is 11.6 Å². The monoisotopic (exact) mass is 301 g/mol. The molecule has 0 amide bonds. The third-order valence-electron chi connectivity index (χ3n) is 4.18. The summed E-state index contributed by atoms with van der Waals surface area (Å²) in [5.74, 6) is -0.340. The number of ether oxygens (including phenoxy) is 2. The second-order valence-electron chi connectivity index (χ2n) is 5.14. The van der Waals surface area contributed by atoms with Crippen molar-refractivity contribution in [3.63, 3.8) is 0 Å². The van der Waals surface area contributed by atoms with Gasteiger partial charge in [-0.1, -0.05) is 23.7 Å². The largest absolute Gasteiger partial charge is 0.381 e. The molecular weight excluding hydrogens is 281 g/mol. The first-order valence-electron chi connectivity index (χ1n) is 6.86. The van der Waals surface area contributed by atoms with Gasteiger partial charge < -0.3 is 14.8 Å². The Balaban J connectivity index is 2.21. The Bertz CT molecular complexity index is 449. The van der Waals surface area contributed by atoms with E-state index in [0.717, 1.165) is 12.8 Å². The van der Waals surface area contributed by atoms with Crippen LogP contribution >= 0.6 is 11.6 Å². The smallest absolute Gasteiger partial charge is 0.145 e. The van der Waals surface area contributed by atoms with Crippen molar-refractivity contribution in [1.29, 1.82) is 0 Å². The minimum atomic E-state index is -0.340. The molecular formula is C15H21ClFNO2. The third kappa shape index (κ3) is 3.14. The maximum absolute atomic E-state index is 14.1. The Morgan fingerprint density at radius 3 is 2.75 bits per heavy atom. The number of hydrogen-bond donors (Lipinski definition) is 1. The number of benzene rings is 1. The highest BCUT2D eigenvalue weighted by molar-refractivity contribution is 6.30. The van der Waals surface area contributed by atoms with Crippen LogP contribution in [0.1, 0.15) is 18.4 Å². The van der Waals surface area contributed by atoms with Crippen LogP contribution in [0.2, 0.25) is 5.02 Å². The molecule has 0 aromatic heterocycles. The quantitative estimate of drug-likeness (QED) is 0.907. The first kappa shape index (κ1) is 15.7. The lowest BCUT2D eigenvalue weighted by molar-refractivity contribution is -0.109. The first-order chi connectivity index (χ1) is 9.63. The van der Waals surface area contributed by atoms with E-state index in [-0.39, 0.29) is 22.5 Å². The molecule has 1 aromatic carbocycles. The number of rotatable bonds is 5. The first-order valence-corrected chi connectivity index (χ1v) is 7.24. The average molecular weight is 302 g/mol. The predicted molar refractivity (Wildman–Crippen MR) is 77.8 cm³/mol. The third-order valence-corrected chi connectivity index (χ3v) is 4.48. The lowest BCUT2D eigenvalue weighted by Crippen LogP contribution is -2.55. The molecule has 0 radical (unpaired) electrons. The number of halogens is 2.